The van der Waals surface area contributed by atoms with E-state index >= 15 is 0 Å². The molecule has 0 aliphatic rings. The second-order valence-electron chi connectivity index (χ2n) is 3.89. The summed E-state index contributed by atoms with van der Waals surface area (Å²) in [4.78, 5) is 16.4. The number of carbonyl (C=O) groups is 1. The van der Waals surface area contributed by atoms with Crippen LogP contribution in [0.25, 0.3) is 10.8 Å². The molecule has 0 spiro atoms. The van der Waals surface area contributed by atoms with E-state index in [-0.39, 0.29) is 11.2 Å². The third-order valence-corrected chi connectivity index (χ3v) is 4.40. The number of thioether (sulfide) groups is 1. The first-order valence-corrected chi connectivity index (χ1v) is 7.66. The molecule has 2 heterocycles. The average molecular weight is 298 g/mol. The molecule has 0 unspecified atom stereocenters. The molecule has 0 aromatic carbocycles. The zero-order valence-electron chi connectivity index (χ0n) is 10.7. The first-order valence-electron chi connectivity index (χ1n) is 5.74. The van der Waals surface area contributed by atoms with Crippen molar-refractivity contribution < 1.29 is 14.1 Å². The third kappa shape index (κ3) is 4.07. The van der Waals surface area contributed by atoms with Gasteiger partial charge in [-0.3, -0.25) is 4.79 Å². The van der Waals surface area contributed by atoms with Crippen LogP contribution >= 0.6 is 23.1 Å². The molecule has 2 aromatic heterocycles. The van der Waals surface area contributed by atoms with Gasteiger partial charge >= 0.3 is 5.97 Å². The number of esters is 1. The lowest BCUT2D eigenvalue weighted by molar-refractivity contribution is -0.140. The molecule has 0 bridgehead atoms. The highest BCUT2D eigenvalue weighted by atomic mass is 32.2. The summed E-state index contributed by atoms with van der Waals surface area (Å²) >= 11 is 3.16. The van der Waals surface area contributed by atoms with Gasteiger partial charge in [0.05, 0.1) is 24.2 Å². The van der Waals surface area contributed by atoms with Crippen LogP contribution in [0.5, 0.6) is 0 Å². The number of aromatic nitrogens is 2. The number of hydrogen-bond donors (Lipinski definition) is 0. The Labute approximate surface area is 119 Å². The standard InChI is InChI=1S/C12H14N2O3S2/c1-8(6-11(15)16-2)19-7-10-13-12(17-14-10)9-4-3-5-18-9/h3-5,8H,6-7H2,1-2H3/t8-/m0/s1. The summed E-state index contributed by atoms with van der Waals surface area (Å²) in [6.45, 7) is 1.97. The number of rotatable bonds is 6. The van der Waals surface area contributed by atoms with E-state index in [0.29, 0.717) is 23.9 Å². The van der Waals surface area contributed by atoms with Crippen LogP contribution in [-0.2, 0) is 15.3 Å². The number of hydrogen-bond acceptors (Lipinski definition) is 7. The number of carbonyl (C=O) groups excluding carboxylic acids is 1. The van der Waals surface area contributed by atoms with Gasteiger partial charge in [-0.2, -0.15) is 4.98 Å². The van der Waals surface area contributed by atoms with Crippen LogP contribution in [-0.4, -0.2) is 28.5 Å². The topological polar surface area (TPSA) is 65.2 Å². The van der Waals surface area contributed by atoms with E-state index in [1.54, 1.807) is 23.1 Å². The van der Waals surface area contributed by atoms with E-state index in [1.165, 1.54) is 7.11 Å². The van der Waals surface area contributed by atoms with E-state index in [4.69, 9.17) is 4.52 Å². The lowest BCUT2D eigenvalue weighted by Crippen LogP contribution is -2.08. The van der Waals surface area contributed by atoms with Crippen molar-refractivity contribution >= 4 is 29.1 Å². The molecule has 0 amide bonds. The van der Waals surface area contributed by atoms with E-state index in [9.17, 15) is 4.79 Å². The molecule has 7 heteroatoms. The van der Waals surface area contributed by atoms with Crippen molar-refractivity contribution in [2.75, 3.05) is 7.11 Å². The zero-order chi connectivity index (χ0) is 13.7. The maximum absolute atomic E-state index is 11.1. The molecule has 0 saturated carbocycles. The van der Waals surface area contributed by atoms with Crippen molar-refractivity contribution in [1.29, 1.82) is 0 Å². The third-order valence-electron chi connectivity index (χ3n) is 2.38. The minimum Gasteiger partial charge on any atom is -0.469 e. The zero-order valence-corrected chi connectivity index (χ0v) is 12.3. The number of methoxy groups -OCH3 is 1. The lowest BCUT2D eigenvalue weighted by Gasteiger charge is -2.07. The summed E-state index contributed by atoms with van der Waals surface area (Å²) in [5.74, 6) is 1.61. The van der Waals surface area contributed by atoms with Gasteiger partial charge in [-0.15, -0.1) is 23.1 Å². The Bertz CT molecular complexity index is 525. The van der Waals surface area contributed by atoms with Crippen molar-refractivity contribution in [2.45, 2.75) is 24.3 Å². The minimum absolute atomic E-state index is 0.163. The fourth-order valence-corrected chi connectivity index (χ4v) is 2.86. The fraction of sp³-hybridized carbons (Fsp3) is 0.417. The summed E-state index contributed by atoms with van der Waals surface area (Å²) < 4.78 is 9.81. The summed E-state index contributed by atoms with van der Waals surface area (Å²) in [7, 11) is 1.40. The molecule has 2 aromatic rings. The largest absolute Gasteiger partial charge is 0.469 e. The number of ether oxygens (including phenoxy) is 1. The second-order valence-corrected chi connectivity index (χ2v) is 6.27. The van der Waals surface area contributed by atoms with Gasteiger partial charge in [0.25, 0.3) is 5.89 Å². The molecule has 0 aliphatic heterocycles. The highest BCUT2D eigenvalue weighted by Crippen LogP contribution is 2.24. The fourth-order valence-electron chi connectivity index (χ4n) is 1.41. The summed E-state index contributed by atoms with van der Waals surface area (Å²) in [6, 6.07) is 3.88. The Morgan fingerprint density at radius 2 is 2.47 bits per heavy atom. The van der Waals surface area contributed by atoms with E-state index < -0.39 is 0 Å². The highest BCUT2D eigenvalue weighted by Gasteiger charge is 2.13. The Morgan fingerprint density at radius 1 is 1.63 bits per heavy atom. The van der Waals surface area contributed by atoms with Gasteiger partial charge in [0.1, 0.15) is 0 Å². The SMILES string of the molecule is COC(=O)C[C@H](C)SCc1noc(-c2cccs2)n1. The second kappa shape index (κ2) is 6.72. The van der Waals surface area contributed by atoms with Gasteiger partial charge in [-0.25, -0.2) is 0 Å². The molecule has 0 radical (unpaired) electrons. The van der Waals surface area contributed by atoms with Crippen LogP contribution in [0.1, 0.15) is 19.2 Å². The Hall–Kier alpha value is -1.34. The molecular weight excluding hydrogens is 284 g/mol. The molecule has 19 heavy (non-hydrogen) atoms. The Kier molecular flexibility index (Phi) is 4.98. The van der Waals surface area contributed by atoms with Crippen molar-refractivity contribution in [2.24, 2.45) is 0 Å². The quantitative estimate of drug-likeness (QED) is 0.764. The average Bonchev–Trinajstić information content (AvgIpc) is 3.06. The smallest absolute Gasteiger partial charge is 0.306 e. The molecule has 0 aliphatic carbocycles. The van der Waals surface area contributed by atoms with E-state index in [0.717, 1.165) is 4.88 Å². The van der Waals surface area contributed by atoms with Crippen LogP contribution in [0.4, 0.5) is 0 Å². The Morgan fingerprint density at radius 3 is 3.16 bits per heavy atom. The van der Waals surface area contributed by atoms with Crippen molar-refractivity contribution in [3.63, 3.8) is 0 Å². The minimum atomic E-state index is -0.201. The summed E-state index contributed by atoms with van der Waals surface area (Å²) in [5.41, 5.74) is 0. The van der Waals surface area contributed by atoms with Gasteiger partial charge in [-0.1, -0.05) is 18.1 Å². The maximum atomic E-state index is 11.1. The molecule has 0 saturated heterocycles. The number of thiophene rings is 1. The van der Waals surface area contributed by atoms with Gasteiger partial charge in [0.15, 0.2) is 5.82 Å². The van der Waals surface area contributed by atoms with Gasteiger partial charge in [0, 0.05) is 5.25 Å². The molecule has 2 rings (SSSR count). The predicted molar refractivity (Wildman–Crippen MR) is 75.0 cm³/mol. The predicted octanol–water partition coefficient (Wildman–Crippen LogP) is 2.98. The first kappa shape index (κ1) is 14.1. The highest BCUT2D eigenvalue weighted by molar-refractivity contribution is 7.99. The van der Waals surface area contributed by atoms with Crippen molar-refractivity contribution in [1.82, 2.24) is 10.1 Å². The van der Waals surface area contributed by atoms with Gasteiger partial charge in [0.2, 0.25) is 0 Å². The Balaban J connectivity index is 1.85. The molecule has 1 atom stereocenters. The van der Waals surface area contributed by atoms with E-state index in [2.05, 4.69) is 14.9 Å². The number of nitrogens with zero attached hydrogens (tertiary/aromatic N) is 2. The van der Waals surface area contributed by atoms with Gasteiger partial charge < -0.3 is 9.26 Å². The normalized spacial score (nSPS) is 12.3. The monoisotopic (exact) mass is 298 g/mol. The molecule has 102 valence electrons. The van der Waals surface area contributed by atoms with Crippen LogP contribution < -0.4 is 0 Å². The summed E-state index contributed by atoms with van der Waals surface area (Å²) in [6.07, 6.45) is 0.386. The molecule has 0 N–H and O–H groups in total. The maximum Gasteiger partial charge on any atom is 0.306 e. The molecule has 5 nitrogen and oxygen atoms in total. The van der Waals surface area contributed by atoms with E-state index in [1.807, 2.05) is 24.4 Å². The van der Waals surface area contributed by atoms with Crippen LogP contribution in [0.15, 0.2) is 22.0 Å². The van der Waals surface area contributed by atoms with Crippen molar-refractivity contribution in [3.8, 4) is 10.8 Å². The molecule has 0 fully saturated rings. The molecular formula is C12H14N2O3S2. The summed E-state index contributed by atoms with van der Waals surface area (Å²) in [5, 5.41) is 6.05. The first-order chi connectivity index (χ1) is 9.19. The van der Waals surface area contributed by atoms with Crippen LogP contribution in [0.3, 0.4) is 0 Å². The van der Waals surface area contributed by atoms with Crippen molar-refractivity contribution in [3.05, 3.63) is 23.3 Å². The lowest BCUT2D eigenvalue weighted by atomic mass is 10.3. The van der Waals surface area contributed by atoms with Gasteiger partial charge in [-0.05, 0) is 11.4 Å². The van der Waals surface area contributed by atoms with Crippen LogP contribution in [0, 0.1) is 0 Å². The van der Waals surface area contributed by atoms with Crippen LogP contribution in [0.2, 0.25) is 0 Å².